The molecule has 3 rings (SSSR count). The van der Waals surface area contributed by atoms with E-state index >= 15 is 0 Å². The highest BCUT2D eigenvalue weighted by atomic mass is 16.4. The summed E-state index contributed by atoms with van der Waals surface area (Å²) < 4.78 is 1.89. The summed E-state index contributed by atoms with van der Waals surface area (Å²) >= 11 is 0. The fraction of sp³-hybridized carbons (Fsp3) is 0.167. The van der Waals surface area contributed by atoms with Crippen LogP contribution in [0.3, 0.4) is 0 Å². The number of carboxylic acids is 1. The number of aryl methyl sites for hydroxylation is 2. The van der Waals surface area contributed by atoms with Crippen LogP contribution in [0.2, 0.25) is 0 Å². The lowest BCUT2D eigenvalue weighted by Crippen LogP contribution is -2.10. The van der Waals surface area contributed by atoms with Crippen LogP contribution in [-0.2, 0) is 6.54 Å². The third-order valence-corrected chi connectivity index (χ3v) is 3.89. The zero-order valence-electron chi connectivity index (χ0n) is 12.1. The van der Waals surface area contributed by atoms with Gasteiger partial charge in [0.1, 0.15) is 5.69 Å². The standard InChI is InChI=1S/C18H17NO2/c1-12-7-9-14(10-8-12)11-19-16-6-4-3-5-15(16)13(2)17(19)18(20)21/h3-10H,11H2,1-2H3,(H,20,21). The van der Waals surface area contributed by atoms with Gasteiger partial charge in [0.05, 0.1) is 0 Å². The molecule has 3 aromatic rings. The predicted molar refractivity (Wildman–Crippen MR) is 83.9 cm³/mol. The summed E-state index contributed by atoms with van der Waals surface area (Å²) in [5, 5.41) is 10.6. The van der Waals surface area contributed by atoms with E-state index in [9.17, 15) is 9.90 Å². The van der Waals surface area contributed by atoms with E-state index in [0.717, 1.165) is 22.0 Å². The Hall–Kier alpha value is -2.55. The van der Waals surface area contributed by atoms with Crippen LogP contribution in [0.4, 0.5) is 0 Å². The van der Waals surface area contributed by atoms with Gasteiger partial charge in [-0.15, -0.1) is 0 Å². The largest absolute Gasteiger partial charge is 0.477 e. The summed E-state index contributed by atoms with van der Waals surface area (Å²) in [6.45, 7) is 4.48. The average molecular weight is 279 g/mol. The molecule has 3 heteroatoms. The minimum Gasteiger partial charge on any atom is -0.477 e. The van der Waals surface area contributed by atoms with E-state index < -0.39 is 5.97 Å². The van der Waals surface area contributed by atoms with Gasteiger partial charge in [0.15, 0.2) is 0 Å². The van der Waals surface area contributed by atoms with Gasteiger partial charge in [-0.25, -0.2) is 4.79 Å². The molecule has 0 bridgehead atoms. The molecule has 1 heterocycles. The molecule has 3 nitrogen and oxygen atoms in total. The maximum Gasteiger partial charge on any atom is 0.352 e. The van der Waals surface area contributed by atoms with Crippen molar-refractivity contribution in [2.75, 3.05) is 0 Å². The Balaban J connectivity index is 2.18. The Morgan fingerprint density at radius 1 is 1.05 bits per heavy atom. The number of fused-ring (bicyclic) bond motifs is 1. The minimum atomic E-state index is -0.879. The van der Waals surface area contributed by atoms with Crippen LogP contribution in [0.5, 0.6) is 0 Å². The van der Waals surface area contributed by atoms with Gasteiger partial charge in [0.25, 0.3) is 0 Å². The van der Waals surface area contributed by atoms with E-state index in [4.69, 9.17) is 0 Å². The van der Waals surface area contributed by atoms with Gasteiger partial charge < -0.3 is 9.67 Å². The third-order valence-electron chi connectivity index (χ3n) is 3.89. The lowest BCUT2D eigenvalue weighted by molar-refractivity contribution is 0.0685. The fourth-order valence-corrected chi connectivity index (χ4v) is 2.79. The highest BCUT2D eigenvalue weighted by Gasteiger charge is 2.19. The summed E-state index contributed by atoms with van der Waals surface area (Å²) in [7, 11) is 0. The molecule has 0 atom stereocenters. The summed E-state index contributed by atoms with van der Waals surface area (Å²) in [5.74, 6) is -0.879. The van der Waals surface area contributed by atoms with Crippen LogP contribution in [0.1, 0.15) is 27.2 Å². The van der Waals surface area contributed by atoms with Crippen molar-refractivity contribution in [1.82, 2.24) is 4.57 Å². The molecule has 106 valence electrons. The number of benzene rings is 2. The highest BCUT2D eigenvalue weighted by molar-refractivity contribution is 5.98. The second kappa shape index (κ2) is 5.09. The van der Waals surface area contributed by atoms with E-state index in [2.05, 4.69) is 0 Å². The number of nitrogens with zero attached hydrogens (tertiary/aromatic N) is 1. The number of aromatic carboxylic acids is 1. The van der Waals surface area contributed by atoms with Gasteiger partial charge in [0, 0.05) is 17.4 Å². The molecule has 0 fully saturated rings. The molecule has 0 spiro atoms. The van der Waals surface area contributed by atoms with Crippen LogP contribution in [0.25, 0.3) is 10.9 Å². The van der Waals surface area contributed by atoms with E-state index in [1.165, 1.54) is 5.56 Å². The number of aromatic nitrogens is 1. The SMILES string of the molecule is Cc1ccc(Cn2c(C(=O)O)c(C)c3ccccc32)cc1. The number of rotatable bonds is 3. The highest BCUT2D eigenvalue weighted by Crippen LogP contribution is 2.26. The molecule has 0 unspecified atom stereocenters. The molecule has 0 amide bonds. The maximum absolute atomic E-state index is 11.6. The maximum atomic E-state index is 11.6. The summed E-state index contributed by atoms with van der Waals surface area (Å²) in [4.78, 5) is 11.6. The number of carboxylic acid groups (broad SMARTS) is 1. The van der Waals surface area contributed by atoms with Crippen molar-refractivity contribution >= 4 is 16.9 Å². The van der Waals surface area contributed by atoms with Gasteiger partial charge in [-0.1, -0.05) is 48.0 Å². The molecule has 0 saturated heterocycles. The van der Waals surface area contributed by atoms with Crippen molar-refractivity contribution in [3.05, 3.63) is 70.9 Å². The second-order valence-corrected chi connectivity index (χ2v) is 5.37. The first-order valence-corrected chi connectivity index (χ1v) is 6.94. The molecule has 1 N–H and O–H groups in total. The van der Waals surface area contributed by atoms with Crippen LogP contribution < -0.4 is 0 Å². The lowest BCUT2D eigenvalue weighted by atomic mass is 10.1. The number of hydrogen-bond donors (Lipinski definition) is 1. The molecule has 0 aliphatic rings. The van der Waals surface area contributed by atoms with Crippen molar-refractivity contribution in [2.45, 2.75) is 20.4 Å². The first kappa shape index (κ1) is 13.4. The van der Waals surface area contributed by atoms with Crippen molar-refractivity contribution < 1.29 is 9.90 Å². The van der Waals surface area contributed by atoms with Crippen LogP contribution >= 0.6 is 0 Å². The Kier molecular flexibility index (Phi) is 3.26. The Morgan fingerprint density at radius 2 is 1.71 bits per heavy atom. The van der Waals surface area contributed by atoms with Crippen molar-refractivity contribution in [3.63, 3.8) is 0 Å². The van der Waals surface area contributed by atoms with Gasteiger partial charge >= 0.3 is 5.97 Å². The molecule has 0 aliphatic carbocycles. The average Bonchev–Trinajstić information content (AvgIpc) is 2.75. The van der Waals surface area contributed by atoms with Crippen molar-refractivity contribution in [1.29, 1.82) is 0 Å². The van der Waals surface area contributed by atoms with Crippen molar-refractivity contribution in [2.24, 2.45) is 0 Å². The summed E-state index contributed by atoms with van der Waals surface area (Å²) in [6, 6.07) is 16.0. The molecule has 1 aromatic heterocycles. The van der Waals surface area contributed by atoms with Crippen LogP contribution in [0, 0.1) is 13.8 Å². The van der Waals surface area contributed by atoms with Gasteiger partial charge in [0.2, 0.25) is 0 Å². The van der Waals surface area contributed by atoms with E-state index in [0.29, 0.717) is 12.2 Å². The van der Waals surface area contributed by atoms with Gasteiger partial charge in [-0.2, -0.15) is 0 Å². The van der Waals surface area contributed by atoms with E-state index in [1.807, 2.05) is 66.9 Å². The molecular formula is C18H17NO2. The monoisotopic (exact) mass is 279 g/mol. The number of carbonyl (C=O) groups is 1. The molecule has 0 aliphatic heterocycles. The van der Waals surface area contributed by atoms with E-state index in [1.54, 1.807) is 0 Å². The van der Waals surface area contributed by atoms with Crippen LogP contribution in [0.15, 0.2) is 48.5 Å². The predicted octanol–water partition coefficient (Wildman–Crippen LogP) is 4.00. The summed E-state index contributed by atoms with van der Waals surface area (Å²) in [5.41, 5.74) is 4.46. The Morgan fingerprint density at radius 3 is 2.38 bits per heavy atom. The zero-order chi connectivity index (χ0) is 15.0. The quantitative estimate of drug-likeness (QED) is 0.787. The first-order chi connectivity index (χ1) is 10.1. The fourth-order valence-electron chi connectivity index (χ4n) is 2.79. The molecular weight excluding hydrogens is 262 g/mol. The number of para-hydroxylation sites is 1. The summed E-state index contributed by atoms with van der Waals surface area (Å²) in [6.07, 6.45) is 0. The zero-order valence-corrected chi connectivity index (χ0v) is 12.1. The topological polar surface area (TPSA) is 42.2 Å². The minimum absolute atomic E-state index is 0.372. The third kappa shape index (κ3) is 2.31. The molecule has 2 aromatic carbocycles. The number of hydrogen-bond acceptors (Lipinski definition) is 1. The van der Waals surface area contributed by atoms with Gasteiger partial charge in [-0.05, 0) is 31.0 Å². The normalized spacial score (nSPS) is 11.0. The van der Waals surface area contributed by atoms with Gasteiger partial charge in [-0.3, -0.25) is 0 Å². The van der Waals surface area contributed by atoms with E-state index in [-0.39, 0.29) is 0 Å². The second-order valence-electron chi connectivity index (χ2n) is 5.37. The lowest BCUT2D eigenvalue weighted by Gasteiger charge is -2.09. The molecule has 0 saturated carbocycles. The smallest absolute Gasteiger partial charge is 0.352 e. The molecule has 0 radical (unpaired) electrons. The van der Waals surface area contributed by atoms with Crippen molar-refractivity contribution in [3.8, 4) is 0 Å². The Bertz CT molecular complexity index is 813. The molecule has 21 heavy (non-hydrogen) atoms. The van der Waals surface area contributed by atoms with Crippen LogP contribution in [-0.4, -0.2) is 15.6 Å². The first-order valence-electron chi connectivity index (χ1n) is 6.94. The Labute approximate surface area is 123 Å².